The second-order valence-corrected chi connectivity index (χ2v) is 6.03. The Morgan fingerprint density at radius 2 is 0.875 bits per heavy atom. The molecule has 2 aliphatic rings. The standard InChI is InChI=1S/C14H28N2/c1-11-5-6-12(2)15(11)9-10-16-13(3)7-8-14(16)4/h11-14H,5-10H2,1-4H3/t11-,12-,13-,14-/m0/s1. The van der Waals surface area contributed by atoms with Gasteiger partial charge in [-0.15, -0.1) is 0 Å². The smallest absolute Gasteiger partial charge is 0.0115 e. The van der Waals surface area contributed by atoms with Crippen molar-refractivity contribution in [3.05, 3.63) is 0 Å². The van der Waals surface area contributed by atoms with Crippen LogP contribution in [0.25, 0.3) is 0 Å². The fraction of sp³-hybridized carbons (Fsp3) is 1.00. The SMILES string of the molecule is C[C@H]1CC[C@H](C)N1CCN1[C@@H](C)CC[C@@H]1C. The normalized spacial score (nSPS) is 42.0. The van der Waals surface area contributed by atoms with E-state index in [-0.39, 0.29) is 0 Å². The zero-order chi connectivity index (χ0) is 11.7. The molecule has 0 saturated carbocycles. The second-order valence-electron chi connectivity index (χ2n) is 6.03. The summed E-state index contributed by atoms with van der Waals surface area (Å²) in [4.78, 5) is 5.41. The second kappa shape index (κ2) is 5.05. The number of rotatable bonds is 3. The van der Waals surface area contributed by atoms with E-state index >= 15 is 0 Å². The lowest BCUT2D eigenvalue weighted by Crippen LogP contribution is -2.42. The van der Waals surface area contributed by atoms with Crippen molar-refractivity contribution >= 4 is 0 Å². The van der Waals surface area contributed by atoms with Gasteiger partial charge in [-0.05, 0) is 53.4 Å². The minimum absolute atomic E-state index is 0.809. The van der Waals surface area contributed by atoms with E-state index in [1.807, 2.05) is 0 Å². The maximum atomic E-state index is 2.71. The van der Waals surface area contributed by atoms with Crippen molar-refractivity contribution in [2.75, 3.05) is 13.1 Å². The highest BCUT2D eigenvalue weighted by molar-refractivity contribution is 4.86. The Morgan fingerprint density at radius 1 is 0.625 bits per heavy atom. The van der Waals surface area contributed by atoms with E-state index < -0.39 is 0 Å². The fourth-order valence-electron chi connectivity index (χ4n) is 3.61. The molecular formula is C14H28N2. The van der Waals surface area contributed by atoms with Gasteiger partial charge in [0.25, 0.3) is 0 Å². The highest BCUT2D eigenvalue weighted by Crippen LogP contribution is 2.26. The summed E-state index contributed by atoms with van der Waals surface area (Å²) in [6, 6.07) is 3.23. The van der Waals surface area contributed by atoms with E-state index in [1.54, 1.807) is 0 Å². The van der Waals surface area contributed by atoms with E-state index in [9.17, 15) is 0 Å². The van der Waals surface area contributed by atoms with Crippen LogP contribution in [0.15, 0.2) is 0 Å². The predicted octanol–water partition coefficient (Wildman–Crippen LogP) is 2.73. The Labute approximate surface area is 101 Å². The van der Waals surface area contributed by atoms with Crippen molar-refractivity contribution in [1.29, 1.82) is 0 Å². The van der Waals surface area contributed by atoms with Gasteiger partial charge in [-0.25, -0.2) is 0 Å². The van der Waals surface area contributed by atoms with E-state index in [2.05, 4.69) is 37.5 Å². The summed E-state index contributed by atoms with van der Waals surface area (Å²) < 4.78 is 0. The predicted molar refractivity (Wildman–Crippen MR) is 69.7 cm³/mol. The van der Waals surface area contributed by atoms with Crippen LogP contribution in [0.1, 0.15) is 53.4 Å². The lowest BCUT2D eigenvalue weighted by molar-refractivity contribution is 0.146. The summed E-state index contributed by atoms with van der Waals surface area (Å²) in [5.41, 5.74) is 0. The molecule has 0 N–H and O–H groups in total. The molecule has 0 amide bonds. The Morgan fingerprint density at radius 3 is 1.12 bits per heavy atom. The molecule has 0 spiro atoms. The molecular weight excluding hydrogens is 196 g/mol. The van der Waals surface area contributed by atoms with Crippen LogP contribution in [-0.2, 0) is 0 Å². The van der Waals surface area contributed by atoms with Crippen LogP contribution in [0.5, 0.6) is 0 Å². The van der Waals surface area contributed by atoms with Crippen LogP contribution >= 0.6 is 0 Å². The lowest BCUT2D eigenvalue weighted by Gasteiger charge is -2.32. The third-order valence-corrected chi connectivity index (χ3v) is 4.89. The van der Waals surface area contributed by atoms with Crippen LogP contribution in [0.2, 0.25) is 0 Å². The molecule has 2 fully saturated rings. The van der Waals surface area contributed by atoms with Gasteiger partial charge in [-0.1, -0.05) is 0 Å². The Hall–Kier alpha value is -0.0800. The topological polar surface area (TPSA) is 6.48 Å². The summed E-state index contributed by atoms with van der Waals surface area (Å²) in [6.07, 6.45) is 5.58. The summed E-state index contributed by atoms with van der Waals surface area (Å²) in [5.74, 6) is 0. The monoisotopic (exact) mass is 224 g/mol. The van der Waals surface area contributed by atoms with Crippen molar-refractivity contribution in [1.82, 2.24) is 9.80 Å². The van der Waals surface area contributed by atoms with Gasteiger partial charge in [-0.3, -0.25) is 9.80 Å². The van der Waals surface area contributed by atoms with E-state index in [0.29, 0.717) is 0 Å². The molecule has 4 atom stereocenters. The van der Waals surface area contributed by atoms with Gasteiger partial charge in [0.15, 0.2) is 0 Å². The first kappa shape index (κ1) is 12.4. The molecule has 2 heteroatoms. The van der Waals surface area contributed by atoms with Crippen molar-refractivity contribution in [3.8, 4) is 0 Å². The minimum Gasteiger partial charge on any atom is -0.297 e. The van der Waals surface area contributed by atoms with Crippen LogP contribution < -0.4 is 0 Å². The minimum atomic E-state index is 0.809. The Kier molecular flexibility index (Phi) is 3.91. The molecule has 0 aromatic heterocycles. The first-order chi connectivity index (χ1) is 7.59. The molecule has 0 aliphatic carbocycles. The average molecular weight is 224 g/mol. The van der Waals surface area contributed by atoms with Gasteiger partial charge in [0, 0.05) is 37.3 Å². The zero-order valence-corrected chi connectivity index (χ0v) is 11.4. The Balaban J connectivity index is 1.82. The fourth-order valence-corrected chi connectivity index (χ4v) is 3.61. The molecule has 2 rings (SSSR count). The Bertz CT molecular complexity index is 185. The molecule has 2 saturated heterocycles. The van der Waals surface area contributed by atoms with Crippen LogP contribution in [0, 0.1) is 0 Å². The lowest BCUT2D eigenvalue weighted by atomic mass is 10.2. The van der Waals surface area contributed by atoms with Gasteiger partial charge >= 0.3 is 0 Å². The molecule has 94 valence electrons. The quantitative estimate of drug-likeness (QED) is 0.727. The van der Waals surface area contributed by atoms with Crippen molar-refractivity contribution in [3.63, 3.8) is 0 Å². The summed E-state index contributed by atoms with van der Waals surface area (Å²) in [5, 5.41) is 0. The van der Waals surface area contributed by atoms with Crippen LogP contribution in [0.3, 0.4) is 0 Å². The third-order valence-electron chi connectivity index (χ3n) is 4.89. The average Bonchev–Trinajstić information content (AvgIpc) is 2.72. The van der Waals surface area contributed by atoms with Gasteiger partial charge in [0.2, 0.25) is 0 Å². The van der Waals surface area contributed by atoms with Crippen molar-refractivity contribution in [2.24, 2.45) is 0 Å². The molecule has 0 bridgehead atoms. The number of hydrogen-bond acceptors (Lipinski definition) is 2. The van der Waals surface area contributed by atoms with Gasteiger partial charge in [-0.2, -0.15) is 0 Å². The highest BCUT2D eigenvalue weighted by atomic mass is 15.3. The first-order valence-electron chi connectivity index (χ1n) is 7.11. The number of nitrogens with zero attached hydrogens (tertiary/aromatic N) is 2. The molecule has 16 heavy (non-hydrogen) atoms. The third kappa shape index (κ3) is 2.43. The summed E-state index contributed by atoms with van der Waals surface area (Å²) in [7, 11) is 0. The van der Waals surface area contributed by atoms with Gasteiger partial charge < -0.3 is 0 Å². The number of hydrogen-bond donors (Lipinski definition) is 0. The van der Waals surface area contributed by atoms with E-state index in [0.717, 1.165) is 24.2 Å². The molecule has 2 nitrogen and oxygen atoms in total. The summed E-state index contributed by atoms with van der Waals surface area (Å²) >= 11 is 0. The van der Waals surface area contributed by atoms with E-state index in [1.165, 1.54) is 38.8 Å². The van der Waals surface area contributed by atoms with Gasteiger partial charge in [0.05, 0.1) is 0 Å². The maximum Gasteiger partial charge on any atom is 0.0115 e. The van der Waals surface area contributed by atoms with Crippen molar-refractivity contribution < 1.29 is 0 Å². The molecule has 2 aliphatic heterocycles. The summed E-state index contributed by atoms with van der Waals surface area (Å²) in [6.45, 7) is 12.1. The first-order valence-corrected chi connectivity index (χ1v) is 7.11. The van der Waals surface area contributed by atoms with E-state index in [4.69, 9.17) is 0 Å². The molecule has 0 aromatic carbocycles. The number of likely N-dealkylation sites (tertiary alicyclic amines) is 2. The molecule has 0 radical (unpaired) electrons. The highest BCUT2D eigenvalue weighted by Gasteiger charge is 2.30. The van der Waals surface area contributed by atoms with Crippen LogP contribution in [-0.4, -0.2) is 47.1 Å². The molecule has 2 heterocycles. The largest absolute Gasteiger partial charge is 0.297 e. The molecule has 0 aromatic rings. The zero-order valence-electron chi connectivity index (χ0n) is 11.4. The van der Waals surface area contributed by atoms with Crippen LogP contribution in [0.4, 0.5) is 0 Å². The van der Waals surface area contributed by atoms with Gasteiger partial charge in [0.1, 0.15) is 0 Å². The van der Waals surface area contributed by atoms with Crippen molar-refractivity contribution in [2.45, 2.75) is 77.5 Å². The maximum absolute atomic E-state index is 2.71. The molecule has 0 unspecified atom stereocenters.